The van der Waals surface area contributed by atoms with Crippen LogP contribution >= 0.6 is 0 Å². The predicted octanol–water partition coefficient (Wildman–Crippen LogP) is 0.415. The van der Waals surface area contributed by atoms with E-state index in [2.05, 4.69) is 0 Å². The standard InChI is InChI=1S/C12H23N3O3/c1-3-4-9-18-12(17)15-7-5-14(6-8-15)11(16)10(2)13/h10H,3-9,13H2,1-2H3/t10-/m0/s1. The molecule has 1 atom stereocenters. The van der Waals surface area contributed by atoms with E-state index in [9.17, 15) is 9.59 Å². The van der Waals surface area contributed by atoms with Gasteiger partial charge in [0, 0.05) is 26.2 Å². The van der Waals surface area contributed by atoms with Crippen LogP contribution in [0.5, 0.6) is 0 Å². The Morgan fingerprint density at radius 3 is 2.28 bits per heavy atom. The third-order valence-electron chi connectivity index (χ3n) is 2.96. The molecule has 0 radical (unpaired) electrons. The van der Waals surface area contributed by atoms with Crippen LogP contribution in [0.1, 0.15) is 26.7 Å². The van der Waals surface area contributed by atoms with E-state index in [1.807, 2.05) is 6.92 Å². The molecular weight excluding hydrogens is 234 g/mol. The molecule has 6 heteroatoms. The van der Waals surface area contributed by atoms with Gasteiger partial charge in [-0.3, -0.25) is 4.79 Å². The maximum atomic E-state index is 11.7. The van der Waals surface area contributed by atoms with Gasteiger partial charge in [-0.25, -0.2) is 4.79 Å². The number of piperazine rings is 1. The summed E-state index contributed by atoms with van der Waals surface area (Å²) in [6, 6.07) is -0.479. The molecule has 0 saturated carbocycles. The highest BCUT2D eigenvalue weighted by molar-refractivity contribution is 5.81. The molecule has 0 aromatic carbocycles. The molecule has 2 N–H and O–H groups in total. The normalized spacial score (nSPS) is 17.5. The number of carbonyl (C=O) groups is 2. The van der Waals surface area contributed by atoms with Crippen LogP contribution in [0, 0.1) is 0 Å². The SMILES string of the molecule is CCCCOC(=O)N1CCN(C(=O)[C@H](C)N)CC1. The van der Waals surface area contributed by atoms with Crippen LogP contribution in [0.4, 0.5) is 4.79 Å². The first kappa shape index (κ1) is 14.8. The van der Waals surface area contributed by atoms with Crippen LogP contribution in [0.3, 0.4) is 0 Å². The largest absolute Gasteiger partial charge is 0.449 e. The quantitative estimate of drug-likeness (QED) is 0.740. The van der Waals surface area contributed by atoms with Gasteiger partial charge < -0.3 is 20.3 Å². The molecule has 1 heterocycles. The third-order valence-corrected chi connectivity index (χ3v) is 2.96. The van der Waals surface area contributed by atoms with Crippen molar-refractivity contribution in [2.24, 2.45) is 5.73 Å². The Labute approximate surface area is 108 Å². The molecule has 6 nitrogen and oxygen atoms in total. The highest BCUT2D eigenvalue weighted by atomic mass is 16.6. The summed E-state index contributed by atoms with van der Waals surface area (Å²) in [5.74, 6) is -0.0611. The van der Waals surface area contributed by atoms with Crippen LogP contribution in [-0.2, 0) is 9.53 Å². The summed E-state index contributed by atoms with van der Waals surface area (Å²) >= 11 is 0. The van der Waals surface area contributed by atoms with Gasteiger partial charge in [0.1, 0.15) is 0 Å². The Balaban J connectivity index is 2.30. The molecular formula is C12H23N3O3. The van der Waals surface area contributed by atoms with Crippen molar-refractivity contribution in [2.75, 3.05) is 32.8 Å². The molecule has 0 spiro atoms. The van der Waals surface area contributed by atoms with E-state index in [0.717, 1.165) is 12.8 Å². The lowest BCUT2D eigenvalue weighted by Gasteiger charge is -2.34. The summed E-state index contributed by atoms with van der Waals surface area (Å²) in [6.45, 7) is 6.29. The number of amides is 2. The minimum atomic E-state index is -0.479. The number of rotatable bonds is 4. The highest BCUT2D eigenvalue weighted by Gasteiger charge is 2.26. The minimum Gasteiger partial charge on any atom is -0.449 e. The maximum Gasteiger partial charge on any atom is 0.409 e. The number of hydrogen-bond acceptors (Lipinski definition) is 4. The summed E-state index contributed by atoms with van der Waals surface area (Å²) in [7, 11) is 0. The zero-order valence-electron chi connectivity index (χ0n) is 11.2. The summed E-state index contributed by atoms with van der Waals surface area (Å²) in [6.07, 6.45) is 1.61. The van der Waals surface area contributed by atoms with Gasteiger partial charge in [-0.1, -0.05) is 13.3 Å². The number of unbranched alkanes of at least 4 members (excludes halogenated alkanes) is 1. The third kappa shape index (κ3) is 4.18. The lowest BCUT2D eigenvalue weighted by molar-refractivity contribution is -0.133. The summed E-state index contributed by atoms with van der Waals surface area (Å²) in [4.78, 5) is 26.6. The Bertz CT molecular complexity index is 286. The summed E-state index contributed by atoms with van der Waals surface area (Å²) in [5, 5.41) is 0. The van der Waals surface area contributed by atoms with Gasteiger partial charge in [0.25, 0.3) is 0 Å². The molecule has 104 valence electrons. The minimum absolute atomic E-state index is 0.0611. The predicted molar refractivity (Wildman–Crippen MR) is 68.1 cm³/mol. The first-order valence-corrected chi connectivity index (χ1v) is 6.52. The summed E-state index contributed by atoms with van der Waals surface area (Å²) < 4.78 is 5.12. The Hall–Kier alpha value is -1.30. The molecule has 2 amide bonds. The van der Waals surface area contributed by atoms with E-state index in [-0.39, 0.29) is 12.0 Å². The number of hydrogen-bond donors (Lipinski definition) is 1. The van der Waals surface area contributed by atoms with Crippen LogP contribution in [0.15, 0.2) is 0 Å². The second-order valence-corrected chi connectivity index (χ2v) is 4.57. The number of ether oxygens (including phenoxy) is 1. The van der Waals surface area contributed by atoms with Gasteiger partial charge in [-0.15, -0.1) is 0 Å². The van der Waals surface area contributed by atoms with Gasteiger partial charge in [0.2, 0.25) is 5.91 Å². The Morgan fingerprint density at radius 1 is 1.22 bits per heavy atom. The van der Waals surface area contributed by atoms with E-state index < -0.39 is 6.04 Å². The van der Waals surface area contributed by atoms with Crippen LogP contribution in [0.25, 0.3) is 0 Å². The molecule has 1 aliphatic heterocycles. The van der Waals surface area contributed by atoms with E-state index in [4.69, 9.17) is 10.5 Å². The molecule has 0 aromatic heterocycles. The number of nitrogens with two attached hydrogens (primary N) is 1. The topological polar surface area (TPSA) is 75.9 Å². The fourth-order valence-corrected chi connectivity index (χ4v) is 1.79. The number of nitrogens with zero attached hydrogens (tertiary/aromatic N) is 2. The molecule has 1 rings (SSSR count). The van der Waals surface area contributed by atoms with E-state index >= 15 is 0 Å². The molecule has 0 bridgehead atoms. The molecule has 0 aliphatic carbocycles. The van der Waals surface area contributed by atoms with Crippen molar-refractivity contribution >= 4 is 12.0 Å². The fourth-order valence-electron chi connectivity index (χ4n) is 1.79. The fraction of sp³-hybridized carbons (Fsp3) is 0.833. The average molecular weight is 257 g/mol. The molecule has 1 fully saturated rings. The smallest absolute Gasteiger partial charge is 0.409 e. The van der Waals surface area contributed by atoms with E-state index in [0.29, 0.717) is 32.8 Å². The monoisotopic (exact) mass is 257 g/mol. The van der Waals surface area contributed by atoms with Crippen molar-refractivity contribution in [1.29, 1.82) is 0 Å². The van der Waals surface area contributed by atoms with Crippen molar-refractivity contribution in [3.63, 3.8) is 0 Å². The van der Waals surface area contributed by atoms with Gasteiger partial charge in [0.05, 0.1) is 12.6 Å². The molecule has 1 saturated heterocycles. The van der Waals surface area contributed by atoms with E-state index in [1.54, 1.807) is 16.7 Å². The van der Waals surface area contributed by atoms with Crippen LogP contribution in [0.2, 0.25) is 0 Å². The molecule has 18 heavy (non-hydrogen) atoms. The van der Waals surface area contributed by atoms with Crippen LogP contribution < -0.4 is 5.73 Å². The van der Waals surface area contributed by atoms with Gasteiger partial charge in [-0.05, 0) is 13.3 Å². The summed E-state index contributed by atoms with van der Waals surface area (Å²) in [5.41, 5.74) is 5.55. The van der Waals surface area contributed by atoms with Crippen molar-refractivity contribution in [3.8, 4) is 0 Å². The zero-order valence-corrected chi connectivity index (χ0v) is 11.2. The van der Waals surface area contributed by atoms with Crippen molar-refractivity contribution in [1.82, 2.24) is 9.80 Å². The van der Waals surface area contributed by atoms with Gasteiger partial charge >= 0.3 is 6.09 Å². The lowest BCUT2D eigenvalue weighted by Crippen LogP contribution is -2.53. The second kappa shape index (κ2) is 7.20. The average Bonchev–Trinajstić information content (AvgIpc) is 2.38. The lowest BCUT2D eigenvalue weighted by atomic mass is 10.2. The molecule has 0 aromatic rings. The van der Waals surface area contributed by atoms with Gasteiger partial charge in [-0.2, -0.15) is 0 Å². The zero-order chi connectivity index (χ0) is 13.5. The Morgan fingerprint density at radius 2 is 1.78 bits per heavy atom. The second-order valence-electron chi connectivity index (χ2n) is 4.57. The molecule has 0 unspecified atom stereocenters. The maximum absolute atomic E-state index is 11.7. The highest BCUT2D eigenvalue weighted by Crippen LogP contribution is 2.05. The molecule has 1 aliphatic rings. The van der Waals surface area contributed by atoms with Crippen molar-refractivity contribution in [2.45, 2.75) is 32.7 Å². The van der Waals surface area contributed by atoms with Crippen molar-refractivity contribution in [3.05, 3.63) is 0 Å². The Kier molecular flexibility index (Phi) is 5.91. The van der Waals surface area contributed by atoms with Crippen LogP contribution in [-0.4, -0.2) is 60.6 Å². The van der Waals surface area contributed by atoms with Crippen molar-refractivity contribution < 1.29 is 14.3 Å². The number of carbonyl (C=O) groups excluding carboxylic acids is 2. The van der Waals surface area contributed by atoms with Gasteiger partial charge in [0.15, 0.2) is 0 Å². The van der Waals surface area contributed by atoms with E-state index in [1.165, 1.54) is 0 Å². The first-order valence-electron chi connectivity index (χ1n) is 6.52. The first-order chi connectivity index (χ1) is 8.56.